The van der Waals surface area contributed by atoms with E-state index in [9.17, 15) is 14.3 Å². The quantitative estimate of drug-likeness (QED) is 0.760. The molecule has 1 aliphatic heterocycles. The highest BCUT2D eigenvalue weighted by atomic mass is 32.8. The highest BCUT2D eigenvalue weighted by Crippen LogP contribution is 2.36. The van der Waals surface area contributed by atoms with Gasteiger partial charge in [0.1, 0.15) is 27.3 Å². The van der Waals surface area contributed by atoms with Crippen LogP contribution in [0.3, 0.4) is 0 Å². The van der Waals surface area contributed by atoms with Gasteiger partial charge in [0.15, 0.2) is 0 Å². The number of allylic oxidation sites excluding steroid dienone is 3. The molecule has 94 valence electrons. The summed E-state index contributed by atoms with van der Waals surface area (Å²) in [7, 11) is 0.838. The Kier molecular flexibility index (Phi) is 4.60. The Labute approximate surface area is 111 Å². The Balaban J connectivity index is 3.66. The van der Waals surface area contributed by atoms with E-state index >= 15 is 0 Å². The second-order valence-electron chi connectivity index (χ2n) is 3.47. The second kappa shape index (κ2) is 5.76. The van der Waals surface area contributed by atoms with Crippen LogP contribution < -0.4 is 0 Å². The molecule has 1 heterocycles. The third-order valence-electron chi connectivity index (χ3n) is 2.55. The van der Waals surface area contributed by atoms with Gasteiger partial charge in [0.2, 0.25) is 5.91 Å². The lowest BCUT2D eigenvalue weighted by atomic mass is 10.1. The number of carbonyl (C=O) groups is 1. The second-order valence-corrected chi connectivity index (χ2v) is 6.45. The van der Waals surface area contributed by atoms with Crippen molar-refractivity contribution in [3.63, 3.8) is 0 Å². The highest BCUT2D eigenvalue weighted by Gasteiger charge is 2.32. The Hall–Kier alpha value is -1.70. The first kappa shape index (κ1) is 14.4. The molecule has 0 aromatic heterocycles. The van der Waals surface area contributed by atoms with Crippen molar-refractivity contribution in [2.45, 2.75) is 20.3 Å². The van der Waals surface area contributed by atoms with Crippen LogP contribution in [-0.2, 0) is 24.5 Å². The maximum Gasteiger partial charge on any atom is 0.223 e. The lowest BCUT2D eigenvalue weighted by molar-refractivity contribution is -0.125. The van der Waals surface area contributed by atoms with Crippen LogP contribution in [0, 0.1) is 22.7 Å². The number of amides is 1. The molecule has 0 radical (unpaired) electrons. The Bertz CT molecular complexity index is 596. The molecule has 1 atom stereocenters. The van der Waals surface area contributed by atoms with E-state index in [1.54, 1.807) is 0 Å². The molecule has 1 amide bonds. The van der Waals surface area contributed by atoms with Gasteiger partial charge in [-0.3, -0.25) is 4.79 Å². The number of hydrogen-bond donors (Lipinski definition) is 0. The van der Waals surface area contributed by atoms with Gasteiger partial charge in [0.05, 0.1) is 11.3 Å². The van der Waals surface area contributed by atoms with E-state index in [4.69, 9.17) is 5.26 Å². The molecule has 0 saturated carbocycles. The first-order chi connectivity index (χ1) is 8.53. The molecule has 5 nitrogen and oxygen atoms in total. The molecule has 0 fully saturated rings. The Morgan fingerprint density at radius 3 is 2.39 bits per heavy atom. The van der Waals surface area contributed by atoms with Gasteiger partial charge in [-0.2, -0.15) is 10.5 Å². The monoisotopic (exact) mass is 281 g/mol. The SMILES string of the molecule is CCC1=C(C#N)C(N(C)C(C)=O)=C(C#N)S1=S=O. The Morgan fingerprint density at radius 2 is 2.06 bits per heavy atom. The zero-order valence-corrected chi connectivity index (χ0v) is 11.8. The molecule has 0 spiro atoms. The summed E-state index contributed by atoms with van der Waals surface area (Å²) in [5.41, 5.74) is 0.578. The van der Waals surface area contributed by atoms with Crippen molar-refractivity contribution in [1.29, 1.82) is 10.5 Å². The van der Waals surface area contributed by atoms with Gasteiger partial charge >= 0.3 is 0 Å². The van der Waals surface area contributed by atoms with Crippen molar-refractivity contribution in [2.24, 2.45) is 0 Å². The molecule has 1 aliphatic rings. The third kappa shape index (κ3) is 2.15. The zero-order valence-electron chi connectivity index (χ0n) is 10.2. The number of rotatable bonds is 2. The van der Waals surface area contributed by atoms with Crippen molar-refractivity contribution < 1.29 is 9.00 Å². The third-order valence-corrected chi connectivity index (χ3v) is 5.79. The molecular formula is C11H11N3O2S2. The van der Waals surface area contributed by atoms with Crippen LogP contribution >= 0.6 is 0 Å². The van der Waals surface area contributed by atoms with Crippen LogP contribution in [0.1, 0.15) is 20.3 Å². The number of nitriles is 2. The number of carbonyl (C=O) groups excluding carboxylic acids is 1. The molecule has 1 rings (SSSR count). The van der Waals surface area contributed by atoms with Crippen LogP contribution in [0.2, 0.25) is 0 Å². The minimum absolute atomic E-state index is 0.223. The summed E-state index contributed by atoms with van der Waals surface area (Å²) in [5, 5.41) is 18.4. The smallest absolute Gasteiger partial charge is 0.223 e. The summed E-state index contributed by atoms with van der Waals surface area (Å²) < 4.78 is 11.2. The first-order valence-electron chi connectivity index (χ1n) is 5.10. The van der Waals surface area contributed by atoms with Crippen molar-refractivity contribution >= 4 is 25.6 Å². The fourth-order valence-corrected chi connectivity index (χ4v) is 4.51. The standard InChI is InChI=1S/C11H11N3O2S2/c1-4-9-8(5-12)11(14(3)7(2)15)10(6-13)18(9)17-16/h4H2,1-3H3. The number of likely N-dealkylation sites (N-methyl/N-ethyl adjacent to an activating group) is 1. The molecule has 0 N–H and O–H groups in total. The molecule has 0 aliphatic carbocycles. The van der Waals surface area contributed by atoms with Crippen LogP contribution in [0.15, 0.2) is 21.1 Å². The predicted molar refractivity (Wildman–Crippen MR) is 69.5 cm³/mol. The topological polar surface area (TPSA) is 85.0 Å². The van der Waals surface area contributed by atoms with Crippen LogP contribution in [-0.4, -0.2) is 22.1 Å². The van der Waals surface area contributed by atoms with Crippen molar-refractivity contribution in [1.82, 2.24) is 4.90 Å². The molecule has 1 unspecified atom stereocenters. The van der Waals surface area contributed by atoms with E-state index < -0.39 is 9.45 Å². The summed E-state index contributed by atoms with van der Waals surface area (Å²) >= 11 is 0. The average Bonchev–Trinajstić information content (AvgIpc) is 2.69. The zero-order chi connectivity index (χ0) is 13.9. The van der Waals surface area contributed by atoms with E-state index in [0.29, 0.717) is 27.1 Å². The largest absolute Gasteiger partial charge is 0.313 e. The van der Waals surface area contributed by atoms with Crippen molar-refractivity contribution in [2.75, 3.05) is 7.05 Å². The Morgan fingerprint density at radius 1 is 1.44 bits per heavy atom. The molecule has 0 saturated heterocycles. The predicted octanol–water partition coefficient (Wildman–Crippen LogP) is 1.15. The van der Waals surface area contributed by atoms with E-state index in [1.807, 2.05) is 19.1 Å². The fourth-order valence-electron chi connectivity index (χ4n) is 1.62. The molecular weight excluding hydrogens is 270 g/mol. The molecule has 0 aromatic carbocycles. The van der Waals surface area contributed by atoms with Crippen LogP contribution in [0.5, 0.6) is 0 Å². The van der Waals surface area contributed by atoms with Crippen LogP contribution in [0.4, 0.5) is 0 Å². The summed E-state index contributed by atoms with van der Waals surface area (Å²) in [5.74, 6) is -0.276. The number of nitrogens with zero attached hydrogens (tertiary/aromatic N) is 3. The van der Waals surface area contributed by atoms with Gasteiger partial charge < -0.3 is 4.90 Å². The summed E-state index contributed by atoms with van der Waals surface area (Å²) in [4.78, 5) is 13.5. The van der Waals surface area contributed by atoms with Gasteiger partial charge in [0.25, 0.3) is 0 Å². The maximum absolute atomic E-state index is 11.4. The van der Waals surface area contributed by atoms with E-state index in [1.165, 1.54) is 18.9 Å². The normalized spacial score (nSPS) is 18.4. The minimum atomic E-state index is -0.964. The van der Waals surface area contributed by atoms with E-state index in [0.717, 1.165) is 0 Å². The average molecular weight is 281 g/mol. The maximum atomic E-state index is 11.4. The van der Waals surface area contributed by atoms with Crippen molar-refractivity contribution in [3.8, 4) is 12.1 Å². The van der Waals surface area contributed by atoms with Gasteiger partial charge in [-0.05, 0) is 15.9 Å². The molecule has 7 heteroatoms. The lowest BCUT2D eigenvalue weighted by Gasteiger charge is -2.16. The molecule has 0 bridgehead atoms. The van der Waals surface area contributed by atoms with Crippen LogP contribution in [0.25, 0.3) is 0 Å². The lowest BCUT2D eigenvalue weighted by Crippen LogP contribution is -2.24. The highest BCUT2D eigenvalue weighted by molar-refractivity contribution is 8.35. The van der Waals surface area contributed by atoms with Gasteiger partial charge in [0, 0.05) is 18.9 Å². The molecule has 0 aromatic rings. The summed E-state index contributed by atoms with van der Waals surface area (Å²) in [6.45, 7) is 3.18. The molecule has 18 heavy (non-hydrogen) atoms. The van der Waals surface area contributed by atoms with Gasteiger partial charge in [-0.15, -0.1) is 0 Å². The van der Waals surface area contributed by atoms with E-state index in [-0.39, 0.29) is 16.5 Å². The first-order valence-corrected chi connectivity index (χ1v) is 7.58. The fraction of sp³-hybridized carbons (Fsp3) is 0.364. The minimum Gasteiger partial charge on any atom is -0.313 e. The van der Waals surface area contributed by atoms with Crippen molar-refractivity contribution in [3.05, 3.63) is 21.1 Å². The summed E-state index contributed by atoms with van der Waals surface area (Å²) in [6.07, 6.45) is 0.516. The van der Waals surface area contributed by atoms with E-state index in [2.05, 4.69) is 0 Å². The summed E-state index contributed by atoms with van der Waals surface area (Å²) in [6, 6.07) is 3.97. The van der Waals surface area contributed by atoms with Gasteiger partial charge in [-0.1, -0.05) is 6.92 Å². The van der Waals surface area contributed by atoms with Gasteiger partial charge in [-0.25, -0.2) is 4.21 Å². The number of hydrogen-bond acceptors (Lipinski definition) is 4.